The lowest BCUT2D eigenvalue weighted by atomic mass is 10.1. The van der Waals surface area contributed by atoms with Gasteiger partial charge in [0.1, 0.15) is 0 Å². The maximum absolute atomic E-state index is 11.4. The van der Waals surface area contributed by atoms with Gasteiger partial charge in [-0.05, 0) is 29.3 Å². The van der Waals surface area contributed by atoms with Gasteiger partial charge in [-0.2, -0.15) is 0 Å². The van der Waals surface area contributed by atoms with E-state index >= 15 is 0 Å². The molecular formula is C13H12O4S. The zero-order valence-corrected chi connectivity index (χ0v) is 10.6. The van der Waals surface area contributed by atoms with Crippen LogP contribution in [-0.4, -0.2) is 23.7 Å². The Labute approximate surface area is 108 Å². The molecule has 1 aromatic carbocycles. The van der Waals surface area contributed by atoms with Crippen LogP contribution in [0.2, 0.25) is 0 Å². The molecule has 1 heterocycles. The van der Waals surface area contributed by atoms with E-state index < -0.39 is 5.97 Å². The van der Waals surface area contributed by atoms with Crippen molar-refractivity contribution in [2.75, 3.05) is 6.61 Å². The summed E-state index contributed by atoms with van der Waals surface area (Å²) in [4.78, 5) is 22.5. The summed E-state index contributed by atoms with van der Waals surface area (Å²) >= 11 is 1.34. The summed E-state index contributed by atoms with van der Waals surface area (Å²) in [6.07, 6.45) is 0.177. The van der Waals surface area contributed by atoms with Crippen molar-refractivity contribution in [1.29, 1.82) is 0 Å². The third-order valence-corrected chi connectivity index (χ3v) is 3.63. The van der Waals surface area contributed by atoms with Gasteiger partial charge in [0.15, 0.2) is 0 Å². The number of carbonyl (C=O) groups excluding carboxylic acids is 1. The van der Waals surface area contributed by atoms with Gasteiger partial charge in [0.2, 0.25) is 0 Å². The maximum Gasteiger partial charge on any atom is 0.337 e. The van der Waals surface area contributed by atoms with Gasteiger partial charge in [-0.3, -0.25) is 4.79 Å². The molecule has 5 heteroatoms. The molecule has 0 radical (unpaired) electrons. The smallest absolute Gasteiger partial charge is 0.337 e. The van der Waals surface area contributed by atoms with Crippen LogP contribution in [0.15, 0.2) is 23.6 Å². The Morgan fingerprint density at radius 3 is 2.83 bits per heavy atom. The summed E-state index contributed by atoms with van der Waals surface area (Å²) in [7, 11) is 0. The van der Waals surface area contributed by atoms with Gasteiger partial charge in [0.25, 0.3) is 0 Å². The Morgan fingerprint density at radius 1 is 1.39 bits per heavy atom. The number of hydrogen-bond acceptors (Lipinski definition) is 4. The molecule has 94 valence electrons. The zero-order chi connectivity index (χ0) is 13.1. The van der Waals surface area contributed by atoms with Crippen LogP contribution in [0, 0.1) is 0 Å². The molecule has 0 amide bonds. The van der Waals surface area contributed by atoms with E-state index in [-0.39, 0.29) is 18.0 Å². The lowest BCUT2D eigenvalue weighted by Gasteiger charge is -2.01. The fraction of sp³-hybridized carbons (Fsp3) is 0.231. The van der Waals surface area contributed by atoms with Crippen molar-refractivity contribution in [1.82, 2.24) is 0 Å². The number of esters is 1. The van der Waals surface area contributed by atoms with E-state index in [2.05, 4.69) is 0 Å². The molecule has 1 aromatic heterocycles. The van der Waals surface area contributed by atoms with Gasteiger partial charge in [-0.1, -0.05) is 12.1 Å². The molecular weight excluding hydrogens is 252 g/mol. The largest absolute Gasteiger partial charge is 0.478 e. The van der Waals surface area contributed by atoms with Crippen molar-refractivity contribution < 1.29 is 19.4 Å². The molecule has 0 saturated carbocycles. The Morgan fingerprint density at radius 2 is 2.17 bits per heavy atom. The number of rotatable bonds is 4. The number of aromatic carboxylic acids is 1. The van der Waals surface area contributed by atoms with Crippen LogP contribution in [0.5, 0.6) is 0 Å². The monoisotopic (exact) mass is 264 g/mol. The molecule has 0 bridgehead atoms. The third kappa shape index (κ3) is 2.36. The van der Waals surface area contributed by atoms with E-state index in [0.717, 1.165) is 10.9 Å². The molecule has 0 fully saturated rings. The van der Waals surface area contributed by atoms with Crippen LogP contribution in [-0.2, 0) is 16.0 Å². The second kappa shape index (κ2) is 5.18. The van der Waals surface area contributed by atoms with Crippen molar-refractivity contribution in [2.24, 2.45) is 0 Å². The summed E-state index contributed by atoms with van der Waals surface area (Å²) in [6, 6.07) is 5.08. The lowest BCUT2D eigenvalue weighted by Crippen LogP contribution is -2.07. The van der Waals surface area contributed by atoms with Crippen molar-refractivity contribution in [3.63, 3.8) is 0 Å². The standard InChI is InChI=1S/C13H12O4S/c1-2-17-11(14)6-8-7-18-12-9(8)4-3-5-10(12)13(15)16/h3-5,7H,2,6H2,1H3,(H,15,16). The number of hydrogen-bond donors (Lipinski definition) is 1. The molecule has 4 nitrogen and oxygen atoms in total. The minimum absolute atomic E-state index is 0.177. The van der Waals surface area contributed by atoms with Crippen LogP contribution in [0.25, 0.3) is 10.1 Å². The summed E-state index contributed by atoms with van der Waals surface area (Å²) < 4.78 is 5.59. The summed E-state index contributed by atoms with van der Waals surface area (Å²) in [5.74, 6) is -1.25. The van der Waals surface area contributed by atoms with Crippen LogP contribution < -0.4 is 0 Å². The normalized spacial score (nSPS) is 10.5. The van der Waals surface area contributed by atoms with Crippen LogP contribution in [0.1, 0.15) is 22.8 Å². The predicted molar refractivity (Wildman–Crippen MR) is 69.1 cm³/mol. The molecule has 0 aliphatic heterocycles. The van der Waals surface area contributed by atoms with Gasteiger partial charge < -0.3 is 9.84 Å². The summed E-state index contributed by atoms with van der Waals surface area (Å²) in [6.45, 7) is 2.10. The number of carbonyl (C=O) groups is 2. The molecule has 18 heavy (non-hydrogen) atoms. The first-order valence-corrected chi connectivity index (χ1v) is 6.39. The van der Waals surface area contributed by atoms with Crippen molar-refractivity contribution in [2.45, 2.75) is 13.3 Å². The zero-order valence-electron chi connectivity index (χ0n) is 9.80. The highest BCUT2D eigenvalue weighted by molar-refractivity contribution is 7.17. The van der Waals surface area contributed by atoms with Crippen molar-refractivity contribution >= 4 is 33.4 Å². The Hall–Kier alpha value is -1.88. The first-order valence-electron chi connectivity index (χ1n) is 5.51. The van der Waals surface area contributed by atoms with Crippen LogP contribution in [0.3, 0.4) is 0 Å². The van der Waals surface area contributed by atoms with Gasteiger partial charge in [0, 0.05) is 4.70 Å². The highest BCUT2D eigenvalue weighted by Gasteiger charge is 2.14. The van der Waals surface area contributed by atoms with Gasteiger partial charge in [0.05, 0.1) is 18.6 Å². The molecule has 0 unspecified atom stereocenters. The van der Waals surface area contributed by atoms with Gasteiger partial charge in [-0.25, -0.2) is 4.79 Å². The fourth-order valence-electron chi connectivity index (χ4n) is 1.78. The second-order valence-corrected chi connectivity index (χ2v) is 4.61. The lowest BCUT2D eigenvalue weighted by molar-refractivity contribution is -0.142. The number of benzene rings is 1. The number of carboxylic acid groups (broad SMARTS) is 1. The highest BCUT2D eigenvalue weighted by atomic mass is 32.1. The summed E-state index contributed by atoms with van der Waals surface area (Å²) in [5.41, 5.74) is 1.09. The minimum Gasteiger partial charge on any atom is -0.478 e. The van der Waals surface area contributed by atoms with E-state index in [4.69, 9.17) is 9.84 Å². The average Bonchev–Trinajstić information content (AvgIpc) is 2.72. The number of ether oxygens (including phenoxy) is 1. The first kappa shape index (κ1) is 12.6. The molecule has 0 aliphatic rings. The molecule has 2 rings (SSSR count). The number of fused-ring (bicyclic) bond motifs is 1. The highest BCUT2D eigenvalue weighted by Crippen LogP contribution is 2.29. The Bertz CT molecular complexity index is 600. The van der Waals surface area contributed by atoms with Crippen molar-refractivity contribution in [3.05, 3.63) is 34.7 Å². The molecule has 2 aromatic rings. The second-order valence-electron chi connectivity index (χ2n) is 3.73. The quantitative estimate of drug-likeness (QED) is 0.862. The third-order valence-electron chi connectivity index (χ3n) is 2.55. The maximum atomic E-state index is 11.4. The molecule has 0 atom stereocenters. The molecule has 1 N–H and O–H groups in total. The van der Waals surface area contributed by atoms with Crippen molar-refractivity contribution in [3.8, 4) is 0 Å². The van der Waals surface area contributed by atoms with Crippen LogP contribution >= 0.6 is 11.3 Å². The van der Waals surface area contributed by atoms with E-state index in [1.165, 1.54) is 11.3 Å². The van der Waals surface area contributed by atoms with E-state index in [9.17, 15) is 9.59 Å². The van der Waals surface area contributed by atoms with Gasteiger partial charge >= 0.3 is 11.9 Å². The first-order chi connectivity index (χ1) is 8.63. The van der Waals surface area contributed by atoms with E-state index in [1.807, 2.05) is 11.4 Å². The summed E-state index contributed by atoms with van der Waals surface area (Å²) in [5, 5.41) is 11.7. The fourth-order valence-corrected chi connectivity index (χ4v) is 2.86. The average molecular weight is 264 g/mol. The predicted octanol–water partition coefficient (Wildman–Crippen LogP) is 2.71. The molecule has 0 aliphatic carbocycles. The van der Waals surface area contributed by atoms with Gasteiger partial charge in [-0.15, -0.1) is 11.3 Å². The topological polar surface area (TPSA) is 63.6 Å². The number of thiophene rings is 1. The van der Waals surface area contributed by atoms with E-state index in [1.54, 1.807) is 19.1 Å². The minimum atomic E-state index is -0.954. The molecule has 0 spiro atoms. The SMILES string of the molecule is CCOC(=O)Cc1csc2c(C(=O)O)cccc12. The van der Waals surface area contributed by atoms with Crippen LogP contribution in [0.4, 0.5) is 0 Å². The Kier molecular flexibility index (Phi) is 3.62. The van der Waals surface area contributed by atoms with E-state index in [0.29, 0.717) is 11.3 Å². The molecule has 0 saturated heterocycles. The number of carboxylic acids is 1. The Balaban J connectivity index is 2.40.